The highest BCUT2D eigenvalue weighted by atomic mass is 35.5. The average Bonchev–Trinajstić information content (AvgIpc) is 3.10. The first-order chi connectivity index (χ1) is 10.3. The SMILES string of the molecule is ClCCc1nc2ccc(Cl)cc2n1C1CCN(C2CC2)C1. The van der Waals surface area contributed by atoms with Gasteiger partial charge in [0.15, 0.2) is 0 Å². The summed E-state index contributed by atoms with van der Waals surface area (Å²) >= 11 is 12.2. The van der Waals surface area contributed by atoms with Crippen LogP contribution >= 0.6 is 23.2 Å². The monoisotopic (exact) mass is 323 g/mol. The van der Waals surface area contributed by atoms with Crippen LogP contribution in [0.25, 0.3) is 11.0 Å². The van der Waals surface area contributed by atoms with Gasteiger partial charge in [-0.25, -0.2) is 4.98 Å². The van der Waals surface area contributed by atoms with E-state index in [0.717, 1.165) is 40.9 Å². The third-order valence-corrected chi connectivity index (χ3v) is 5.09. The van der Waals surface area contributed by atoms with E-state index in [0.29, 0.717) is 11.9 Å². The van der Waals surface area contributed by atoms with Gasteiger partial charge in [-0.15, -0.1) is 11.6 Å². The van der Waals surface area contributed by atoms with Gasteiger partial charge in [0.05, 0.1) is 11.0 Å². The molecule has 21 heavy (non-hydrogen) atoms. The van der Waals surface area contributed by atoms with Gasteiger partial charge >= 0.3 is 0 Å². The molecule has 1 aliphatic heterocycles. The molecule has 0 amide bonds. The Labute approximate surface area is 134 Å². The molecule has 3 nitrogen and oxygen atoms in total. The molecule has 2 heterocycles. The van der Waals surface area contributed by atoms with E-state index in [4.69, 9.17) is 28.2 Å². The van der Waals surface area contributed by atoms with Crippen LogP contribution in [-0.4, -0.2) is 39.5 Å². The Balaban J connectivity index is 1.74. The van der Waals surface area contributed by atoms with Gasteiger partial charge in [-0.3, -0.25) is 4.90 Å². The lowest BCUT2D eigenvalue weighted by Crippen LogP contribution is -2.24. The van der Waals surface area contributed by atoms with Crippen LogP contribution in [0.5, 0.6) is 0 Å². The molecule has 1 saturated heterocycles. The van der Waals surface area contributed by atoms with Gasteiger partial charge in [-0.1, -0.05) is 11.6 Å². The fraction of sp³-hybridized carbons (Fsp3) is 0.562. The summed E-state index contributed by atoms with van der Waals surface area (Å²) in [4.78, 5) is 7.41. The van der Waals surface area contributed by atoms with Gasteiger partial charge in [-0.05, 0) is 37.5 Å². The summed E-state index contributed by atoms with van der Waals surface area (Å²) in [6, 6.07) is 7.31. The molecule has 1 atom stereocenters. The number of hydrogen-bond donors (Lipinski definition) is 0. The van der Waals surface area contributed by atoms with E-state index in [2.05, 4.69) is 9.47 Å². The number of fused-ring (bicyclic) bond motifs is 1. The van der Waals surface area contributed by atoms with Crippen molar-refractivity contribution >= 4 is 34.2 Å². The topological polar surface area (TPSA) is 21.1 Å². The Kier molecular flexibility index (Phi) is 3.60. The number of aryl methyl sites for hydroxylation is 1. The Morgan fingerprint density at radius 3 is 2.81 bits per heavy atom. The van der Waals surface area contributed by atoms with E-state index in [1.54, 1.807) is 0 Å². The van der Waals surface area contributed by atoms with Crippen molar-refractivity contribution in [1.29, 1.82) is 0 Å². The number of nitrogens with zero attached hydrogens (tertiary/aromatic N) is 3. The lowest BCUT2D eigenvalue weighted by Gasteiger charge is -2.18. The zero-order chi connectivity index (χ0) is 14.4. The standard InChI is InChI=1S/C16H19Cl2N3/c17-7-5-16-19-14-4-1-11(18)9-15(14)21(16)13-6-8-20(10-13)12-2-3-12/h1,4,9,12-13H,2-3,5-8,10H2. The van der Waals surface area contributed by atoms with Crippen molar-refractivity contribution in [2.45, 2.75) is 37.8 Å². The molecule has 0 N–H and O–H groups in total. The number of halogens is 2. The summed E-state index contributed by atoms with van der Waals surface area (Å²) < 4.78 is 2.39. The molecule has 0 bridgehead atoms. The van der Waals surface area contributed by atoms with Crippen LogP contribution in [0.2, 0.25) is 5.02 Å². The predicted octanol–water partition coefficient (Wildman–Crippen LogP) is 3.88. The van der Waals surface area contributed by atoms with Crippen molar-refractivity contribution in [3.05, 3.63) is 29.0 Å². The van der Waals surface area contributed by atoms with Crippen molar-refractivity contribution in [3.63, 3.8) is 0 Å². The number of likely N-dealkylation sites (tertiary alicyclic amines) is 1. The third kappa shape index (κ3) is 2.56. The van der Waals surface area contributed by atoms with Crippen LogP contribution in [0.15, 0.2) is 18.2 Å². The Hall–Kier alpha value is -0.770. The second-order valence-electron chi connectivity index (χ2n) is 6.14. The zero-order valence-corrected chi connectivity index (χ0v) is 13.4. The van der Waals surface area contributed by atoms with Gasteiger partial charge in [0.25, 0.3) is 0 Å². The Morgan fingerprint density at radius 2 is 2.05 bits per heavy atom. The number of rotatable bonds is 4. The van der Waals surface area contributed by atoms with E-state index in [-0.39, 0.29) is 0 Å². The zero-order valence-electron chi connectivity index (χ0n) is 11.9. The number of aromatic nitrogens is 2. The molecule has 112 valence electrons. The van der Waals surface area contributed by atoms with Crippen molar-refractivity contribution < 1.29 is 0 Å². The van der Waals surface area contributed by atoms with Crippen molar-refractivity contribution in [2.24, 2.45) is 0 Å². The van der Waals surface area contributed by atoms with Gasteiger partial charge in [0.1, 0.15) is 5.82 Å². The average molecular weight is 324 g/mol. The van der Waals surface area contributed by atoms with E-state index in [1.165, 1.54) is 25.8 Å². The second-order valence-corrected chi connectivity index (χ2v) is 6.95. The highest BCUT2D eigenvalue weighted by molar-refractivity contribution is 6.31. The van der Waals surface area contributed by atoms with Crippen LogP contribution in [-0.2, 0) is 6.42 Å². The van der Waals surface area contributed by atoms with E-state index in [1.807, 2.05) is 18.2 Å². The largest absolute Gasteiger partial charge is 0.323 e. The summed E-state index contributed by atoms with van der Waals surface area (Å²) in [6.45, 7) is 2.34. The summed E-state index contributed by atoms with van der Waals surface area (Å²) in [5, 5.41) is 0.776. The van der Waals surface area contributed by atoms with E-state index in [9.17, 15) is 0 Å². The molecule has 2 aliphatic rings. The van der Waals surface area contributed by atoms with Crippen LogP contribution in [0.1, 0.15) is 31.1 Å². The summed E-state index contributed by atoms with van der Waals surface area (Å²) in [6.07, 6.45) is 4.76. The lowest BCUT2D eigenvalue weighted by molar-refractivity contribution is 0.314. The number of hydrogen-bond acceptors (Lipinski definition) is 2. The molecular weight excluding hydrogens is 305 g/mol. The van der Waals surface area contributed by atoms with Crippen LogP contribution in [0, 0.1) is 0 Å². The maximum Gasteiger partial charge on any atom is 0.111 e. The smallest absolute Gasteiger partial charge is 0.111 e. The van der Waals surface area contributed by atoms with Crippen LogP contribution in [0.4, 0.5) is 0 Å². The lowest BCUT2D eigenvalue weighted by atomic mass is 10.2. The highest BCUT2D eigenvalue weighted by Gasteiger charge is 2.35. The normalized spacial score (nSPS) is 23.2. The summed E-state index contributed by atoms with van der Waals surface area (Å²) in [7, 11) is 0. The molecule has 0 spiro atoms. The van der Waals surface area contributed by atoms with Crippen molar-refractivity contribution in [1.82, 2.24) is 14.5 Å². The van der Waals surface area contributed by atoms with Gasteiger partial charge in [0, 0.05) is 42.5 Å². The maximum atomic E-state index is 6.20. The van der Waals surface area contributed by atoms with Gasteiger partial charge in [0.2, 0.25) is 0 Å². The molecule has 1 saturated carbocycles. The fourth-order valence-corrected chi connectivity index (χ4v) is 3.87. The molecule has 1 aromatic heterocycles. The molecule has 1 unspecified atom stereocenters. The molecular formula is C16H19Cl2N3. The Morgan fingerprint density at radius 1 is 1.19 bits per heavy atom. The van der Waals surface area contributed by atoms with Gasteiger partial charge in [-0.2, -0.15) is 0 Å². The summed E-state index contributed by atoms with van der Waals surface area (Å²) in [5.74, 6) is 1.71. The minimum absolute atomic E-state index is 0.507. The van der Waals surface area contributed by atoms with Crippen molar-refractivity contribution in [2.75, 3.05) is 19.0 Å². The van der Waals surface area contributed by atoms with E-state index < -0.39 is 0 Å². The molecule has 5 heteroatoms. The number of benzene rings is 1. The number of imidazole rings is 1. The van der Waals surface area contributed by atoms with Gasteiger partial charge < -0.3 is 4.57 Å². The first-order valence-electron chi connectivity index (χ1n) is 7.72. The highest BCUT2D eigenvalue weighted by Crippen LogP contribution is 2.35. The second kappa shape index (κ2) is 5.45. The molecule has 1 aliphatic carbocycles. The van der Waals surface area contributed by atoms with Crippen molar-refractivity contribution in [3.8, 4) is 0 Å². The molecule has 4 rings (SSSR count). The van der Waals surface area contributed by atoms with Crippen LogP contribution in [0.3, 0.4) is 0 Å². The number of alkyl halides is 1. The molecule has 1 aromatic carbocycles. The first-order valence-corrected chi connectivity index (χ1v) is 8.64. The predicted molar refractivity (Wildman–Crippen MR) is 87.4 cm³/mol. The molecule has 2 fully saturated rings. The Bertz CT molecular complexity index is 663. The third-order valence-electron chi connectivity index (χ3n) is 4.67. The molecule has 0 radical (unpaired) electrons. The van der Waals surface area contributed by atoms with Crippen LogP contribution < -0.4 is 0 Å². The minimum Gasteiger partial charge on any atom is -0.323 e. The molecule has 2 aromatic rings. The van der Waals surface area contributed by atoms with E-state index >= 15 is 0 Å². The maximum absolute atomic E-state index is 6.20. The first kappa shape index (κ1) is 13.9. The quantitative estimate of drug-likeness (QED) is 0.796. The fourth-order valence-electron chi connectivity index (χ4n) is 3.53. The summed E-state index contributed by atoms with van der Waals surface area (Å²) in [5.41, 5.74) is 2.19. The minimum atomic E-state index is 0.507.